The van der Waals surface area contributed by atoms with Gasteiger partial charge in [0.2, 0.25) is 0 Å². The first-order valence-electron chi connectivity index (χ1n) is 5.62. The van der Waals surface area contributed by atoms with Crippen LogP contribution in [0.1, 0.15) is 54.9 Å². The van der Waals surface area contributed by atoms with E-state index in [1.54, 1.807) is 0 Å². The average molecular weight is 198 g/mol. The van der Waals surface area contributed by atoms with Crippen molar-refractivity contribution in [2.24, 2.45) is 10.8 Å². The molecule has 0 bridgehead atoms. The van der Waals surface area contributed by atoms with Crippen molar-refractivity contribution in [1.82, 2.24) is 0 Å². The molecule has 84 valence electrons. The quantitative estimate of drug-likeness (QED) is 0.587. The highest BCUT2D eigenvalue weighted by Crippen LogP contribution is 2.44. The highest BCUT2D eigenvalue weighted by atomic mass is 16.3. The van der Waals surface area contributed by atoms with Crippen LogP contribution in [0.4, 0.5) is 0 Å². The Kier molecular flexibility index (Phi) is 4.38. The first-order chi connectivity index (χ1) is 6.25. The molecule has 0 saturated carbocycles. The molecular weight excluding hydrogens is 172 g/mol. The lowest BCUT2D eigenvalue weighted by Crippen LogP contribution is -2.38. The van der Waals surface area contributed by atoms with Crippen molar-refractivity contribution < 1.29 is 5.11 Å². The van der Waals surface area contributed by atoms with E-state index >= 15 is 0 Å². The lowest BCUT2D eigenvalue weighted by molar-refractivity contribution is 0.0384. The molecular formula is C13H26O. The zero-order valence-electron chi connectivity index (χ0n) is 10.8. The maximum Gasteiger partial charge on any atom is 0.0798 e. The predicted molar refractivity (Wildman–Crippen MR) is 63.3 cm³/mol. The Labute approximate surface area is 89.2 Å². The van der Waals surface area contributed by atoms with E-state index in [-0.39, 0.29) is 16.9 Å². The van der Waals surface area contributed by atoms with Gasteiger partial charge in [0.1, 0.15) is 0 Å². The summed E-state index contributed by atoms with van der Waals surface area (Å²) in [5, 5.41) is 9.87. The highest BCUT2D eigenvalue weighted by molar-refractivity contribution is 5.18. The molecule has 1 atom stereocenters. The molecule has 1 aliphatic carbocycles. The molecule has 1 nitrogen and oxygen atoms in total. The number of aliphatic hydroxyl groups excluding tert-OH is 1. The minimum Gasteiger partial charge on any atom is -0.388 e. The third-order valence-electron chi connectivity index (χ3n) is 2.70. The van der Waals surface area contributed by atoms with Gasteiger partial charge in [-0.15, -0.1) is 0 Å². The molecule has 0 spiro atoms. The van der Waals surface area contributed by atoms with E-state index in [4.69, 9.17) is 0 Å². The van der Waals surface area contributed by atoms with Crippen molar-refractivity contribution in [1.29, 1.82) is 0 Å². The van der Waals surface area contributed by atoms with Crippen LogP contribution in [0.25, 0.3) is 0 Å². The van der Waals surface area contributed by atoms with Crippen molar-refractivity contribution >= 4 is 0 Å². The number of rotatable bonds is 0. The van der Waals surface area contributed by atoms with Gasteiger partial charge >= 0.3 is 0 Å². The smallest absolute Gasteiger partial charge is 0.0798 e. The summed E-state index contributed by atoms with van der Waals surface area (Å²) in [5.74, 6) is 0. The summed E-state index contributed by atoms with van der Waals surface area (Å²) in [6.45, 7) is 14.7. The van der Waals surface area contributed by atoms with Crippen molar-refractivity contribution in [3.63, 3.8) is 0 Å². The van der Waals surface area contributed by atoms with Gasteiger partial charge in [-0.2, -0.15) is 0 Å². The fourth-order valence-electron chi connectivity index (χ4n) is 2.63. The van der Waals surface area contributed by atoms with Crippen LogP contribution in [0.15, 0.2) is 11.6 Å². The summed E-state index contributed by atoms with van der Waals surface area (Å²) >= 11 is 0. The summed E-state index contributed by atoms with van der Waals surface area (Å²) in [7, 11) is 0. The third kappa shape index (κ3) is 3.13. The number of hydrogen-bond donors (Lipinski definition) is 1. The first kappa shape index (κ1) is 13.7. The molecule has 1 N–H and O–H groups in total. The van der Waals surface area contributed by atoms with E-state index < -0.39 is 0 Å². The zero-order chi connectivity index (χ0) is 11.6. The molecule has 1 heteroatoms. The number of allylic oxidation sites excluding steroid dienone is 1. The normalized spacial score (nSPS) is 28.6. The van der Waals surface area contributed by atoms with Crippen LogP contribution in [-0.4, -0.2) is 11.2 Å². The molecule has 0 aromatic carbocycles. The van der Waals surface area contributed by atoms with E-state index in [1.165, 1.54) is 0 Å². The fourth-order valence-corrected chi connectivity index (χ4v) is 2.63. The average Bonchev–Trinajstić information content (AvgIpc) is 2.01. The first-order valence-corrected chi connectivity index (χ1v) is 5.62. The SMILES string of the molecule is CC.CC1=CC(C)(C)CC(C)(C)C1O. The van der Waals surface area contributed by atoms with Gasteiger partial charge in [-0.25, -0.2) is 0 Å². The monoisotopic (exact) mass is 198 g/mol. The van der Waals surface area contributed by atoms with Crippen molar-refractivity contribution in [3.8, 4) is 0 Å². The molecule has 0 aliphatic heterocycles. The Morgan fingerprint density at radius 3 is 2.00 bits per heavy atom. The summed E-state index contributed by atoms with van der Waals surface area (Å²) in [5.41, 5.74) is 1.39. The van der Waals surface area contributed by atoms with E-state index in [0.717, 1.165) is 12.0 Å². The van der Waals surface area contributed by atoms with Crippen LogP contribution in [0, 0.1) is 10.8 Å². The zero-order valence-corrected chi connectivity index (χ0v) is 10.8. The van der Waals surface area contributed by atoms with E-state index in [0.29, 0.717) is 0 Å². The van der Waals surface area contributed by atoms with E-state index in [9.17, 15) is 5.11 Å². The third-order valence-corrected chi connectivity index (χ3v) is 2.70. The second-order valence-corrected chi connectivity index (χ2v) is 5.44. The van der Waals surface area contributed by atoms with E-state index in [2.05, 4.69) is 33.8 Å². The lowest BCUT2D eigenvalue weighted by Gasteiger charge is -2.42. The van der Waals surface area contributed by atoms with E-state index in [1.807, 2.05) is 20.8 Å². The van der Waals surface area contributed by atoms with Gasteiger partial charge in [0.15, 0.2) is 0 Å². The molecule has 0 radical (unpaired) electrons. The van der Waals surface area contributed by atoms with Crippen LogP contribution in [-0.2, 0) is 0 Å². The molecule has 14 heavy (non-hydrogen) atoms. The minimum absolute atomic E-state index is 0.0301. The Bertz CT molecular complexity index is 211. The van der Waals surface area contributed by atoms with Crippen molar-refractivity contribution in [2.45, 2.75) is 61.0 Å². The fraction of sp³-hybridized carbons (Fsp3) is 0.846. The summed E-state index contributed by atoms with van der Waals surface area (Å²) < 4.78 is 0. The molecule has 0 aromatic heterocycles. The Balaban J connectivity index is 0.000000791. The Morgan fingerprint density at radius 2 is 1.64 bits per heavy atom. The topological polar surface area (TPSA) is 20.2 Å². The molecule has 1 rings (SSSR count). The summed E-state index contributed by atoms with van der Waals surface area (Å²) in [6.07, 6.45) is 2.99. The van der Waals surface area contributed by atoms with Crippen LogP contribution in [0.2, 0.25) is 0 Å². The van der Waals surface area contributed by atoms with Crippen LogP contribution in [0.3, 0.4) is 0 Å². The van der Waals surface area contributed by atoms with Gasteiger partial charge in [-0.3, -0.25) is 0 Å². The Hall–Kier alpha value is -0.300. The van der Waals surface area contributed by atoms with Crippen molar-refractivity contribution in [2.75, 3.05) is 0 Å². The largest absolute Gasteiger partial charge is 0.388 e. The highest BCUT2D eigenvalue weighted by Gasteiger charge is 2.38. The molecule has 1 unspecified atom stereocenters. The molecule has 0 heterocycles. The number of aliphatic hydroxyl groups is 1. The predicted octanol–water partition coefficient (Wildman–Crippen LogP) is 3.78. The van der Waals surface area contributed by atoms with Gasteiger partial charge in [0.05, 0.1) is 6.10 Å². The molecule has 0 fully saturated rings. The standard InChI is InChI=1S/C11H20O.C2H6/c1-8-6-10(2,3)7-11(4,5)9(8)12;1-2/h6,9,12H,7H2,1-5H3;1-2H3. The minimum atomic E-state index is -0.259. The molecule has 0 aromatic rings. The van der Waals surface area contributed by atoms with Gasteiger partial charge in [-0.1, -0.05) is 47.6 Å². The number of hydrogen-bond acceptors (Lipinski definition) is 1. The second kappa shape index (κ2) is 4.48. The van der Waals surface area contributed by atoms with Gasteiger partial charge in [0, 0.05) is 0 Å². The van der Waals surface area contributed by atoms with Gasteiger partial charge in [-0.05, 0) is 29.7 Å². The van der Waals surface area contributed by atoms with Gasteiger partial charge < -0.3 is 5.11 Å². The summed E-state index contributed by atoms with van der Waals surface area (Å²) in [4.78, 5) is 0. The van der Waals surface area contributed by atoms with Crippen LogP contribution in [0.5, 0.6) is 0 Å². The molecule has 0 amide bonds. The van der Waals surface area contributed by atoms with Crippen molar-refractivity contribution in [3.05, 3.63) is 11.6 Å². The Morgan fingerprint density at radius 1 is 1.21 bits per heavy atom. The maximum atomic E-state index is 9.87. The van der Waals surface area contributed by atoms with Crippen LogP contribution >= 0.6 is 0 Å². The van der Waals surface area contributed by atoms with Gasteiger partial charge in [0.25, 0.3) is 0 Å². The molecule has 1 aliphatic rings. The summed E-state index contributed by atoms with van der Waals surface area (Å²) in [6, 6.07) is 0. The molecule has 0 saturated heterocycles. The van der Waals surface area contributed by atoms with Crippen LogP contribution < -0.4 is 0 Å². The maximum absolute atomic E-state index is 9.87. The second-order valence-electron chi connectivity index (χ2n) is 5.44. The lowest BCUT2D eigenvalue weighted by atomic mass is 9.65.